The van der Waals surface area contributed by atoms with Gasteiger partial charge in [-0.2, -0.15) is 0 Å². The van der Waals surface area contributed by atoms with Crippen molar-refractivity contribution in [3.8, 4) is 0 Å². The third-order valence-corrected chi connectivity index (χ3v) is 7.51. The van der Waals surface area contributed by atoms with E-state index in [2.05, 4.69) is 35.2 Å². The molecule has 0 N–H and O–H groups in total. The second-order valence-electron chi connectivity index (χ2n) is 8.68. The number of nitrogens with zero attached hydrogens (tertiary/aromatic N) is 2. The Bertz CT molecular complexity index is 956. The summed E-state index contributed by atoms with van der Waals surface area (Å²) in [6.45, 7) is 2.71. The summed E-state index contributed by atoms with van der Waals surface area (Å²) in [5.41, 5.74) is 2.55. The number of rotatable bonds is 6. The lowest BCUT2D eigenvalue weighted by Crippen LogP contribution is -2.41. The quantitative estimate of drug-likeness (QED) is 0.643. The lowest BCUT2D eigenvalue weighted by molar-refractivity contribution is -0.139. The number of likely N-dealkylation sites (tertiary alicyclic amines) is 1. The van der Waals surface area contributed by atoms with Crippen molar-refractivity contribution in [2.45, 2.75) is 38.2 Å². The molecule has 0 spiro atoms. The minimum Gasteiger partial charge on any atom is -0.376 e. The number of imide groups is 1. The predicted molar refractivity (Wildman–Crippen MR) is 121 cm³/mol. The van der Waals surface area contributed by atoms with Crippen molar-refractivity contribution in [1.82, 2.24) is 9.80 Å². The van der Waals surface area contributed by atoms with Gasteiger partial charge in [0.05, 0.1) is 18.2 Å². The summed E-state index contributed by atoms with van der Waals surface area (Å²) in [4.78, 5) is 31.2. The second-order valence-corrected chi connectivity index (χ2v) is 9.62. The van der Waals surface area contributed by atoms with Crippen LogP contribution in [0.4, 0.5) is 0 Å². The molecule has 31 heavy (non-hydrogen) atoms. The zero-order chi connectivity index (χ0) is 21.2. The Morgan fingerprint density at radius 3 is 2.45 bits per heavy atom. The Labute approximate surface area is 187 Å². The molecule has 2 fully saturated rings. The van der Waals surface area contributed by atoms with Crippen molar-refractivity contribution in [3.63, 3.8) is 0 Å². The number of amides is 2. The highest BCUT2D eigenvalue weighted by Gasteiger charge is 2.43. The Morgan fingerprint density at radius 2 is 1.77 bits per heavy atom. The first kappa shape index (κ1) is 20.5. The number of thiophene rings is 1. The van der Waals surface area contributed by atoms with Crippen LogP contribution in [0.1, 0.15) is 36.1 Å². The fourth-order valence-corrected chi connectivity index (χ4v) is 5.73. The van der Waals surface area contributed by atoms with E-state index in [9.17, 15) is 9.59 Å². The van der Waals surface area contributed by atoms with E-state index in [1.54, 1.807) is 0 Å². The summed E-state index contributed by atoms with van der Waals surface area (Å²) in [6, 6.07) is 14.5. The molecule has 0 saturated carbocycles. The molecular weight excluding hydrogens is 408 g/mol. The van der Waals surface area contributed by atoms with Crippen LogP contribution < -0.4 is 0 Å². The number of benzene rings is 1. The van der Waals surface area contributed by atoms with Crippen molar-refractivity contribution >= 4 is 28.7 Å². The first-order chi connectivity index (χ1) is 15.2. The van der Waals surface area contributed by atoms with E-state index in [0.29, 0.717) is 30.3 Å². The van der Waals surface area contributed by atoms with E-state index >= 15 is 0 Å². The molecule has 1 aromatic heterocycles. The molecule has 4 heterocycles. The van der Waals surface area contributed by atoms with Crippen molar-refractivity contribution in [3.05, 3.63) is 64.0 Å². The molecule has 2 aromatic rings. The lowest BCUT2D eigenvalue weighted by atomic mass is 9.90. The predicted octanol–water partition coefficient (Wildman–Crippen LogP) is 3.96. The van der Waals surface area contributed by atoms with Crippen molar-refractivity contribution < 1.29 is 14.3 Å². The zero-order valence-corrected chi connectivity index (χ0v) is 18.5. The molecule has 1 atom stereocenters. The van der Waals surface area contributed by atoms with Gasteiger partial charge in [0.25, 0.3) is 11.8 Å². The van der Waals surface area contributed by atoms with Gasteiger partial charge in [-0.3, -0.25) is 14.5 Å². The van der Waals surface area contributed by atoms with Crippen LogP contribution in [0.2, 0.25) is 0 Å². The zero-order valence-electron chi connectivity index (χ0n) is 17.7. The van der Waals surface area contributed by atoms with E-state index in [4.69, 9.17) is 4.74 Å². The molecule has 162 valence electrons. The number of hydrogen-bond donors (Lipinski definition) is 0. The van der Waals surface area contributed by atoms with Gasteiger partial charge in [-0.1, -0.05) is 36.4 Å². The molecule has 1 unspecified atom stereocenters. The average molecular weight is 437 g/mol. The van der Waals surface area contributed by atoms with Gasteiger partial charge in [-0.15, -0.1) is 11.3 Å². The summed E-state index contributed by atoms with van der Waals surface area (Å²) < 4.78 is 5.71. The van der Waals surface area contributed by atoms with E-state index in [0.717, 1.165) is 50.1 Å². The molecule has 1 aromatic carbocycles. The van der Waals surface area contributed by atoms with Gasteiger partial charge in [0, 0.05) is 24.6 Å². The molecule has 3 aliphatic heterocycles. The third kappa shape index (κ3) is 4.19. The number of carbonyl (C=O) groups is 2. The van der Waals surface area contributed by atoms with E-state index < -0.39 is 0 Å². The fraction of sp³-hybridized carbons (Fsp3) is 0.440. The van der Waals surface area contributed by atoms with Crippen LogP contribution in [0, 0.1) is 5.92 Å². The summed E-state index contributed by atoms with van der Waals surface area (Å²) in [7, 11) is 0. The summed E-state index contributed by atoms with van der Waals surface area (Å²) in [5, 5.41) is 1.96. The molecule has 0 bridgehead atoms. The maximum Gasteiger partial charge on any atom is 0.277 e. The first-order valence-corrected chi connectivity index (χ1v) is 12.1. The first-order valence-electron chi connectivity index (χ1n) is 11.3. The monoisotopic (exact) mass is 436 g/mol. The van der Waals surface area contributed by atoms with Gasteiger partial charge < -0.3 is 9.64 Å². The van der Waals surface area contributed by atoms with Crippen LogP contribution >= 0.6 is 11.3 Å². The third-order valence-electron chi connectivity index (χ3n) is 6.62. The SMILES string of the molecule is O=C1C(c2cccs2)=C(N2CCC(Cc3ccccc3)CC2)C(=O)N1CC1CCCO1. The number of ether oxygens (including phenoxy) is 1. The molecule has 3 aliphatic rings. The maximum atomic E-state index is 13.4. The topological polar surface area (TPSA) is 49.9 Å². The van der Waals surface area contributed by atoms with E-state index in [1.165, 1.54) is 21.8 Å². The van der Waals surface area contributed by atoms with Gasteiger partial charge >= 0.3 is 0 Å². The standard InChI is InChI=1S/C25H28N2O3S/c28-24-22(21-9-5-15-31-21)23(25(29)27(24)17-20-8-4-14-30-20)26-12-10-19(11-13-26)16-18-6-2-1-3-7-18/h1-3,5-7,9,15,19-20H,4,8,10-14,16-17H2. The maximum absolute atomic E-state index is 13.4. The van der Waals surface area contributed by atoms with Gasteiger partial charge in [0.1, 0.15) is 5.70 Å². The van der Waals surface area contributed by atoms with Crippen molar-refractivity contribution in [2.24, 2.45) is 5.92 Å². The number of hydrogen-bond acceptors (Lipinski definition) is 5. The van der Waals surface area contributed by atoms with Gasteiger partial charge in [0.15, 0.2) is 0 Å². The van der Waals surface area contributed by atoms with Crippen LogP contribution in [0.25, 0.3) is 5.57 Å². The van der Waals surface area contributed by atoms with Crippen molar-refractivity contribution in [1.29, 1.82) is 0 Å². The van der Waals surface area contributed by atoms with Crippen LogP contribution in [0.5, 0.6) is 0 Å². The summed E-state index contributed by atoms with van der Waals surface area (Å²) >= 11 is 1.53. The summed E-state index contributed by atoms with van der Waals surface area (Å²) in [5.74, 6) is 0.300. The smallest absolute Gasteiger partial charge is 0.277 e. The molecule has 5 nitrogen and oxygen atoms in total. The minimum absolute atomic E-state index is 0.0338. The van der Waals surface area contributed by atoms with E-state index in [1.807, 2.05) is 17.5 Å². The number of carbonyl (C=O) groups excluding carboxylic acids is 2. The van der Waals surface area contributed by atoms with Crippen molar-refractivity contribution in [2.75, 3.05) is 26.2 Å². The van der Waals surface area contributed by atoms with Crippen LogP contribution in [0.3, 0.4) is 0 Å². The highest BCUT2D eigenvalue weighted by molar-refractivity contribution is 7.11. The van der Waals surface area contributed by atoms with Gasteiger partial charge in [-0.05, 0) is 55.0 Å². The average Bonchev–Trinajstić information content (AvgIpc) is 3.54. The largest absolute Gasteiger partial charge is 0.376 e. The Morgan fingerprint density at radius 1 is 0.968 bits per heavy atom. The second kappa shape index (κ2) is 8.97. The Kier molecular flexibility index (Phi) is 5.92. The molecule has 5 rings (SSSR count). The molecule has 0 aliphatic carbocycles. The normalized spacial score (nSPS) is 22.8. The highest BCUT2D eigenvalue weighted by atomic mass is 32.1. The summed E-state index contributed by atoms with van der Waals surface area (Å²) in [6.07, 6.45) is 5.00. The van der Waals surface area contributed by atoms with Gasteiger partial charge in [-0.25, -0.2) is 0 Å². The van der Waals surface area contributed by atoms with Crippen LogP contribution in [0.15, 0.2) is 53.5 Å². The molecule has 2 amide bonds. The molecule has 0 radical (unpaired) electrons. The number of piperidine rings is 1. The fourth-order valence-electron chi connectivity index (χ4n) is 4.97. The van der Waals surface area contributed by atoms with E-state index in [-0.39, 0.29) is 17.9 Å². The Hall–Kier alpha value is -2.44. The van der Waals surface area contributed by atoms with Gasteiger partial charge in [0.2, 0.25) is 0 Å². The highest BCUT2D eigenvalue weighted by Crippen LogP contribution is 2.36. The molecule has 6 heteroatoms. The lowest BCUT2D eigenvalue weighted by Gasteiger charge is -2.34. The van der Waals surface area contributed by atoms with Crippen LogP contribution in [-0.2, 0) is 20.7 Å². The Balaban J connectivity index is 1.34. The van der Waals surface area contributed by atoms with Crippen LogP contribution in [-0.4, -0.2) is 54.0 Å². The molecule has 2 saturated heterocycles. The molecular formula is C25H28N2O3S. The minimum atomic E-state index is -0.163.